The number of para-hydroxylation sites is 4. The Morgan fingerprint density at radius 3 is 1.03 bits per heavy atom. The Morgan fingerprint density at radius 2 is 0.683 bits per heavy atom. The van der Waals surface area contributed by atoms with Crippen molar-refractivity contribution in [2.75, 3.05) is 9.80 Å². The third kappa shape index (κ3) is 5.59. The van der Waals surface area contributed by atoms with E-state index in [4.69, 9.17) is 0 Å². The molecule has 0 radical (unpaired) electrons. The number of fused-ring (bicyclic) bond motifs is 4. The molecule has 8 heteroatoms. The molecular weight excluding hydrogens is 737 g/mol. The zero-order chi connectivity index (χ0) is 40.6. The van der Waals surface area contributed by atoms with Crippen LogP contribution in [0.3, 0.4) is 0 Å². The van der Waals surface area contributed by atoms with E-state index in [2.05, 4.69) is 204 Å². The number of anilines is 6. The summed E-state index contributed by atoms with van der Waals surface area (Å²) in [5.74, 6) is 0. The van der Waals surface area contributed by atoms with E-state index in [0.29, 0.717) is 0 Å². The van der Waals surface area contributed by atoms with Gasteiger partial charge in [0.1, 0.15) is 11.4 Å². The third-order valence-corrected chi connectivity index (χ3v) is 12.5. The molecule has 0 bridgehead atoms. The fraction of sp³-hybridized carbons (Fsp3) is 0.115. The van der Waals surface area contributed by atoms with Gasteiger partial charge in [-0.3, -0.25) is 0 Å². The topological polar surface area (TPSA) is 67.9 Å². The molecule has 0 unspecified atom stereocenters. The van der Waals surface area contributed by atoms with Gasteiger partial charge in [-0.05, 0) is 89.0 Å². The lowest BCUT2D eigenvalue weighted by Gasteiger charge is -2.42. The molecule has 0 saturated heterocycles. The summed E-state index contributed by atoms with van der Waals surface area (Å²) in [7, 11) is 0. The fourth-order valence-electron chi connectivity index (χ4n) is 9.28. The van der Waals surface area contributed by atoms with E-state index in [-0.39, 0.29) is 10.8 Å². The van der Waals surface area contributed by atoms with E-state index in [1.165, 1.54) is 45.0 Å². The first-order chi connectivity index (χ1) is 29.3. The van der Waals surface area contributed by atoms with Gasteiger partial charge < -0.3 is 9.80 Å². The van der Waals surface area contributed by atoms with Crippen LogP contribution < -0.4 is 9.80 Å². The van der Waals surface area contributed by atoms with Crippen LogP contribution in [0.25, 0.3) is 33.9 Å². The number of rotatable bonds is 6. The van der Waals surface area contributed by atoms with Gasteiger partial charge >= 0.3 is 0 Å². The lowest BCUT2D eigenvalue weighted by atomic mass is 9.73. The maximum atomic E-state index is 4.58. The zero-order valence-corrected chi connectivity index (χ0v) is 33.9. The molecule has 0 atom stereocenters. The largest absolute Gasteiger partial charge is 0.310 e. The molecule has 0 amide bonds. The second-order valence-electron chi connectivity index (χ2n) is 16.7. The van der Waals surface area contributed by atoms with Crippen LogP contribution in [0, 0.1) is 0 Å². The van der Waals surface area contributed by atoms with Crippen LogP contribution in [-0.2, 0) is 10.8 Å². The molecule has 2 aliphatic heterocycles. The maximum Gasteiger partial charge on any atom is 0.113 e. The van der Waals surface area contributed by atoms with Gasteiger partial charge in [0.2, 0.25) is 0 Å². The molecule has 0 fully saturated rings. The van der Waals surface area contributed by atoms with Gasteiger partial charge in [0.15, 0.2) is 0 Å². The minimum absolute atomic E-state index is 0.101. The van der Waals surface area contributed by atoms with E-state index in [9.17, 15) is 0 Å². The Morgan fingerprint density at radius 1 is 0.350 bits per heavy atom. The van der Waals surface area contributed by atoms with Gasteiger partial charge in [0.05, 0.1) is 46.5 Å². The predicted octanol–water partition coefficient (Wildman–Crippen LogP) is 12.4. The molecule has 4 heterocycles. The second-order valence-corrected chi connectivity index (χ2v) is 16.7. The SMILES string of the molecule is CC1(C)c2ccccc2N(c2ccc(-c3cn(-c4cccc(-n5cc(-c6ccc(N7c8ccccc8C(C)(C)c8ccccc87)cc6)nn5)c4)nn3)cc2)c2ccccc21. The Labute approximate surface area is 349 Å². The zero-order valence-electron chi connectivity index (χ0n) is 33.9. The number of hydrogen-bond donors (Lipinski definition) is 0. The van der Waals surface area contributed by atoms with Crippen molar-refractivity contribution in [1.29, 1.82) is 0 Å². The minimum atomic E-state index is -0.101. The molecule has 0 saturated carbocycles. The lowest BCUT2D eigenvalue weighted by molar-refractivity contribution is 0.632. The number of nitrogens with zero attached hydrogens (tertiary/aromatic N) is 8. The Hall–Kier alpha value is -7.58. The highest BCUT2D eigenvalue weighted by atomic mass is 15.4. The second kappa shape index (κ2) is 13.5. The molecular formula is C52H42N8. The van der Waals surface area contributed by atoms with Crippen molar-refractivity contribution in [1.82, 2.24) is 30.0 Å². The van der Waals surface area contributed by atoms with Crippen LogP contribution >= 0.6 is 0 Å². The highest BCUT2D eigenvalue weighted by Crippen LogP contribution is 2.53. The summed E-state index contributed by atoms with van der Waals surface area (Å²) < 4.78 is 3.61. The first-order valence-corrected chi connectivity index (χ1v) is 20.4. The number of hydrogen-bond acceptors (Lipinski definition) is 6. The Kier molecular flexibility index (Phi) is 8.00. The van der Waals surface area contributed by atoms with Crippen LogP contribution in [0.4, 0.5) is 34.1 Å². The minimum Gasteiger partial charge on any atom is -0.310 e. The first kappa shape index (κ1) is 35.6. The summed E-state index contributed by atoms with van der Waals surface area (Å²) in [5, 5.41) is 18.2. The van der Waals surface area contributed by atoms with Crippen molar-refractivity contribution in [2.45, 2.75) is 38.5 Å². The Balaban J connectivity index is 0.837. The molecule has 0 aliphatic carbocycles. The van der Waals surface area contributed by atoms with Crippen molar-refractivity contribution >= 4 is 34.1 Å². The van der Waals surface area contributed by atoms with Gasteiger partial charge in [0.25, 0.3) is 0 Å². The van der Waals surface area contributed by atoms with Crippen LogP contribution in [0.5, 0.6) is 0 Å². The van der Waals surface area contributed by atoms with E-state index in [1.54, 1.807) is 9.36 Å². The van der Waals surface area contributed by atoms with Gasteiger partial charge in [-0.1, -0.05) is 141 Å². The van der Waals surface area contributed by atoms with E-state index < -0.39 is 0 Å². The molecule has 9 aromatic rings. The molecule has 0 spiro atoms. The van der Waals surface area contributed by atoms with Crippen LogP contribution in [0.15, 0.2) is 182 Å². The van der Waals surface area contributed by atoms with Crippen LogP contribution in [-0.4, -0.2) is 30.0 Å². The van der Waals surface area contributed by atoms with Crippen molar-refractivity contribution < 1.29 is 0 Å². The molecule has 60 heavy (non-hydrogen) atoms. The highest BCUT2D eigenvalue weighted by Gasteiger charge is 2.37. The smallest absolute Gasteiger partial charge is 0.113 e. The quantitative estimate of drug-likeness (QED) is 0.167. The molecule has 8 nitrogen and oxygen atoms in total. The lowest BCUT2D eigenvalue weighted by Crippen LogP contribution is -2.30. The van der Waals surface area contributed by atoms with Crippen molar-refractivity contribution in [3.05, 3.63) is 205 Å². The summed E-state index contributed by atoms with van der Waals surface area (Å²) >= 11 is 0. The first-order valence-electron chi connectivity index (χ1n) is 20.4. The summed E-state index contributed by atoms with van der Waals surface area (Å²) in [6, 6.07) is 60.1. The summed E-state index contributed by atoms with van der Waals surface area (Å²) in [6.07, 6.45) is 3.94. The summed E-state index contributed by atoms with van der Waals surface area (Å²) in [5.41, 5.74) is 17.3. The normalized spacial score (nSPS) is 14.5. The van der Waals surface area contributed by atoms with Crippen molar-refractivity contribution in [2.24, 2.45) is 0 Å². The fourth-order valence-corrected chi connectivity index (χ4v) is 9.28. The number of aromatic nitrogens is 6. The molecule has 2 aromatic heterocycles. The molecule has 290 valence electrons. The maximum absolute atomic E-state index is 4.58. The van der Waals surface area contributed by atoms with E-state index >= 15 is 0 Å². The average molecular weight is 779 g/mol. The van der Waals surface area contributed by atoms with E-state index in [0.717, 1.165) is 45.3 Å². The van der Waals surface area contributed by atoms with E-state index in [1.807, 2.05) is 36.7 Å². The van der Waals surface area contributed by atoms with Gasteiger partial charge in [-0.15, -0.1) is 10.2 Å². The molecule has 11 rings (SSSR count). The van der Waals surface area contributed by atoms with Crippen molar-refractivity contribution in [3.8, 4) is 33.9 Å². The van der Waals surface area contributed by atoms with Crippen molar-refractivity contribution in [3.63, 3.8) is 0 Å². The van der Waals surface area contributed by atoms with Gasteiger partial charge in [-0.25, -0.2) is 9.36 Å². The Bertz CT molecular complexity index is 2760. The van der Waals surface area contributed by atoms with Gasteiger partial charge in [0, 0.05) is 33.3 Å². The average Bonchev–Trinajstić information content (AvgIpc) is 4.00. The highest BCUT2D eigenvalue weighted by molar-refractivity contribution is 5.87. The number of benzene rings is 7. The molecule has 0 N–H and O–H groups in total. The van der Waals surface area contributed by atoms with Gasteiger partial charge in [-0.2, -0.15) is 0 Å². The predicted molar refractivity (Wildman–Crippen MR) is 241 cm³/mol. The third-order valence-electron chi connectivity index (χ3n) is 12.5. The van der Waals surface area contributed by atoms with Crippen LogP contribution in [0.2, 0.25) is 0 Å². The summed E-state index contributed by atoms with van der Waals surface area (Å²) in [4.78, 5) is 4.72. The van der Waals surface area contributed by atoms with Crippen LogP contribution in [0.1, 0.15) is 49.9 Å². The molecule has 7 aromatic carbocycles. The molecule has 2 aliphatic rings. The monoisotopic (exact) mass is 778 g/mol. The summed E-state index contributed by atoms with van der Waals surface area (Å²) in [6.45, 7) is 9.23. The standard InChI is InChI=1S/C52H42N8/c1-51(2)41-16-5-9-20-47(41)59(48-21-10-6-17-42(48)51)37-28-24-35(25-29-37)45-33-57(55-53-45)39-14-13-15-40(32-39)58-34-46(54-56-58)36-26-30-38(31-27-36)60-49-22-11-7-18-43(49)52(3,4)44-19-8-12-23-50(44)60/h5-34H,1-4H3.